The number of nitrogen functional groups attached to an aromatic ring is 1. The maximum atomic E-state index is 15.3. The second-order valence-corrected chi connectivity index (χ2v) is 11.5. The van der Waals surface area contributed by atoms with Gasteiger partial charge in [0, 0.05) is 44.7 Å². The number of carbonyl (C=O) groups is 1. The van der Waals surface area contributed by atoms with Crippen LogP contribution >= 0.6 is 23.2 Å². The monoisotopic (exact) mass is 643 g/mol. The molecule has 1 amide bonds. The lowest BCUT2D eigenvalue weighted by Gasteiger charge is -2.36. The molecule has 0 radical (unpaired) electrons. The number of rotatable bonds is 4. The summed E-state index contributed by atoms with van der Waals surface area (Å²) < 4.78 is 45.3. The summed E-state index contributed by atoms with van der Waals surface area (Å²) in [6, 6.07) is 5.09. The van der Waals surface area contributed by atoms with Gasteiger partial charge < -0.3 is 15.5 Å². The first-order chi connectivity index (χ1) is 20.8. The number of benzene rings is 1. The van der Waals surface area contributed by atoms with Crippen molar-refractivity contribution in [2.45, 2.75) is 33.6 Å². The van der Waals surface area contributed by atoms with Crippen LogP contribution < -0.4 is 16.2 Å². The molecule has 3 aromatic heterocycles. The molecule has 228 valence electrons. The van der Waals surface area contributed by atoms with Crippen LogP contribution in [0.5, 0.6) is 0 Å². The molecular weight excluding hydrogens is 618 g/mol. The van der Waals surface area contributed by atoms with Gasteiger partial charge in [0.2, 0.25) is 5.91 Å². The van der Waals surface area contributed by atoms with Gasteiger partial charge in [-0.2, -0.15) is 5.26 Å². The lowest BCUT2D eigenvalue weighted by molar-refractivity contribution is -0.129. The van der Waals surface area contributed by atoms with Gasteiger partial charge in [-0.25, -0.2) is 18.2 Å². The van der Waals surface area contributed by atoms with Gasteiger partial charge >= 0.3 is 0 Å². The summed E-state index contributed by atoms with van der Waals surface area (Å²) in [7, 11) is 0. The molecule has 14 heteroatoms. The fourth-order valence-electron chi connectivity index (χ4n) is 5.49. The molecular formula is C30H26Cl2F3N7O2. The summed E-state index contributed by atoms with van der Waals surface area (Å²) in [4.78, 5) is 38.7. The van der Waals surface area contributed by atoms with Gasteiger partial charge in [-0.1, -0.05) is 37.0 Å². The van der Waals surface area contributed by atoms with E-state index in [1.807, 2.05) is 19.9 Å². The first-order valence-corrected chi connectivity index (χ1v) is 14.3. The number of nitrogens with zero attached hydrogens (tertiary/aromatic N) is 6. The fourth-order valence-corrected chi connectivity index (χ4v) is 5.91. The number of halogens is 5. The van der Waals surface area contributed by atoms with Crippen LogP contribution in [0.25, 0.3) is 28.0 Å². The van der Waals surface area contributed by atoms with E-state index in [2.05, 4.69) is 9.97 Å². The molecule has 0 unspecified atom stereocenters. The molecule has 44 heavy (non-hydrogen) atoms. The molecule has 2 N–H and O–H groups in total. The quantitative estimate of drug-likeness (QED) is 0.171. The lowest BCUT2D eigenvalue weighted by atomic mass is 10.0. The minimum absolute atomic E-state index is 0.0601. The second kappa shape index (κ2) is 11.6. The molecule has 0 spiro atoms. The zero-order chi connectivity index (χ0) is 32.2. The number of amides is 1. The van der Waals surface area contributed by atoms with Gasteiger partial charge in [0.25, 0.3) is 5.56 Å². The number of hydrogen-bond donors (Lipinski definition) is 1. The Hall–Kier alpha value is -4.34. The van der Waals surface area contributed by atoms with Crippen LogP contribution in [0.1, 0.15) is 43.5 Å². The molecule has 1 aliphatic heterocycles. The highest BCUT2D eigenvalue weighted by Gasteiger charge is 2.31. The number of pyridine rings is 3. The number of fused-ring (bicyclic) bond motifs is 1. The van der Waals surface area contributed by atoms with Crippen LogP contribution in [-0.2, 0) is 4.79 Å². The zero-order valence-corrected chi connectivity index (χ0v) is 25.6. The molecule has 1 aromatic carbocycles. The van der Waals surface area contributed by atoms with Crippen molar-refractivity contribution in [1.29, 1.82) is 5.26 Å². The number of hydrogen-bond acceptors (Lipinski definition) is 7. The smallest absolute Gasteiger partial charge is 0.276 e. The molecule has 0 saturated carbocycles. The summed E-state index contributed by atoms with van der Waals surface area (Å²) in [6.07, 6.45) is 1.59. The Labute approximate surface area is 260 Å². The lowest BCUT2D eigenvalue weighted by Crippen LogP contribution is -2.48. The number of nitriles is 1. The van der Waals surface area contributed by atoms with Crippen molar-refractivity contribution in [2.24, 2.45) is 0 Å². The van der Waals surface area contributed by atoms with Crippen LogP contribution in [0, 0.1) is 35.7 Å². The molecule has 0 atom stereocenters. The molecule has 5 rings (SSSR count). The Morgan fingerprint density at radius 1 is 1.09 bits per heavy atom. The normalized spacial score (nSPS) is 13.6. The number of anilines is 2. The first kappa shape index (κ1) is 31.1. The van der Waals surface area contributed by atoms with Gasteiger partial charge in [-0.3, -0.25) is 19.1 Å². The molecule has 1 fully saturated rings. The van der Waals surface area contributed by atoms with Gasteiger partial charge in [-0.05, 0) is 30.5 Å². The highest BCUT2D eigenvalue weighted by molar-refractivity contribution is 6.36. The number of nitrogens with two attached hydrogens (primary N) is 1. The minimum atomic E-state index is -1.87. The summed E-state index contributed by atoms with van der Waals surface area (Å²) in [5, 5.41) is 9.49. The van der Waals surface area contributed by atoms with Crippen LogP contribution in [0.2, 0.25) is 10.0 Å². The van der Waals surface area contributed by atoms with E-state index in [4.69, 9.17) is 28.9 Å². The maximum Gasteiger partial charge on any atom is 0.276 e. The summed E-state index contributed by atoms with van der Waals surface area (Å²) in [6.45, 7) is 8.20. The van der Waals surface area contributed by atoms with Crippen LogP contribution in [0.3, 0.4) is 0 Å². The number of aryl methyl sites for hydroxylation is 1. The maximum absolute atomic E-state index is 15.3. The Balaban J connectivity index is 1.95. The Bertz CT molecular complexity index is 1940. The fraction of sp³-hybridized carbons (Fsp3) is 0.300. The minimum Gasteiger partial charge on any atom is -0.397 e. The third kappa shape index (κ3) is 4.90. The Morgan fingerprint density at radius 3 is 2.34 bits per heavy atom. The zero-order valence-electron chi connectivity index (χ0n) is 24.1. The van der Waals surface area contributed by atoms with E-state index in [0.717, 1.165) is 0 Å². The van der Waals surface area contributed by atoms with Crippen molar-refractivity contribution >= 4 is 51.5 Å². The predicted molar refractivity (Wildman–Crippen MR) is 163 cm³/mol. The van der Waals surface area contributed by atoms with Crippen molar-refractivity contribution in [3.63, 3.8) is 0 Å². The van der Waals surface area contributed by atoms with Crippen LogP contribution in [-0.4, -0.2) is 51.5 Å². The second-order valence-electron chi connectivity index (χ2n) is 10.7. The van der Waals surface area contributed by atoms with E-state index in [1.54, 1.807) is 29.0 Å². The van der Waals surface area contributed by atoms with E-state index in [0.29, 0.717) is 30.0 Å². The summed E-state index contributed by atoms with van der Waals surface area (Å²) in [5.74, 6) is -5.50. The predicted octanol–water partition coefficient (Wildman–Crippen LogP) is 5.73. The van der Waals surface area contributed by atoms with Crippen molar-refractivity contribution in [2.75, 3.05) is 36.8 Å². The van der Waals surface area contributed by atoms with Gasteiger partial charge in [-0.15, -0.1) is 0 Å². The molecule has 0 bridgehead atoms. The number of piperazine rings is 1. The van der Waals surface area contributed by atoms with Crippen molar-refractivity contribution < 1.29 is 18.0 Å². The average molecular weight is 644 g/mol. The Morgan fingerprint density at radius 2 is 1.75 bits per heavy atom. The Kier molecular flexibility index (Phi) is 8.22. The van der Waals surface area contributed by atoms with Gasteiger partial charge in [0.1, 0.15) is 22.3 Å². The van der Waals surface area contributed by atoms with Gasteiger partial charge in [0.05, 0.1) is 39.0 Å². The van der Waals surface area contributed by atoms with Crippen LogP contribution in [0.4, 0.5) is 24.5 Å². The van der Waals surface area contributed by atoms with E-state index < -0.39 is 45.0 Å². The van der Waals surface area contributed by atoms with E-state index in [-0.39, 0.29) is 52.2 Å². The average Bonchev–Trinajstić information content (AvgIpc) is 2.99. The first-order valence-electron chi connectivity index (χ1n) is 13.6. The topological polar surface area (TPSA) is 121 Å². The summed E-state index contributed by atoms with van der Waals surface area (Å²) in [5.41, 5.74) is 4.93. The van der Waals surface area contributed by atoms with E-state index >= 15 is 4.39 Å². The number of aromatic nitrogens is 3. The van der Waals surface area contributed by atoms with E-state index in [1.165, 1.54) is 17.6 Å². The third-order valence-electron chi connectivity index (χ3n) is 7.69. The van der Waals surface area contributed by atoms with Crippen molar-refractivity contribution in [3.05, 3.63) is 73.0 Å². The molecule has 9 nitrogen and oxygen atoms in total. The van der Waals surface area contributed by atoms with Crippen molar-refractivity contribution in [3.8, 4) is 23.0 Å². The standard InChI is InChI=1S/C30H26Cl2F3N7O2/c1-13(2)25-27(14(3)5-6-38-25)42-29-16(28(17(12-36)30(42)44)41-9-7-40(8-10-41)15(4)43)11-18(31)26(39-29)19-21(33)23(35)22(34)20(32)24(19)37/h5-6,11,13H,7-10,37H2,1-4H3. The van der Waals surface area contributed by atoms with E-state index in [9.17, 15) is 23.6 Å². The largest absolute Gasteiger partial charge is 0.397 e. The number of carbonyl (C=O) groups excluding carboxylic acids is 1. The molecule has 0 aliphatic carbocycles. The SMILES string of the molecule is CC(=O)N1CCN(c2c(C#N)c(=O)n(-c3c(C)ccnc3C(C)C)c3nc(-c4c(N)c(Cl)c(F)c(F)c4F)c(Cl)cc23)CC1. The van der Waals surface area contributed by atoms with Crippen LogP contribution in [0.15, 0.2) is 23.1 Å². The molecule has 4 aromatic rings. The molecule has 4 heterocycles. The third-order valence-corrected chi connectivity index (χ3v) is 8.35. The highest BCUT2D eigenvalue weighted by Crippen LogP contribution is 2.42. The van der Waals surface area contributed by atoms with Crippen molar-refractivity contribution in [1.82, 2.24) is 19.4 Å². The highest BCUT2D eigenvalue weighted by atomic mass is 35.5. The molecule has 1 aliphatic rings. The van der Waals surface area contributed by atoms with Gasteiger partial charge in [0.15, 0.2) is 17.5 Å². The summed E-state index contributed by atoms with van der Waals surface area (Å²) >= 11 is 12.5. The molecule has 1 saturated heterocycles.